The molecular formula is C22H17BrN4O2S. The quantitative estimate of drug-likeness (QED) is 0.271. The van der Waals surface area contributed by atoms with Gasteiger partial charge in [0.25, 0.3) is 0 Å². The van der Waals surface area contributed by atoms with E-state index in [4.69, 9.17) is 4.74 Å². The Morgan fingerprint density at radius 2 is 1.87 bits per heavy atom. The maximum Gasteiger partial charge on any atom is 0.196 e. The first-order valence-electron chi connectivity index (χ1n) is 9.08. The number of pyridine rings is 1. The van der Waals surface area contributed by atoms with E-state index in [9.17, 15) is 4.79 Å². The number of hydrogen-bond acceptors (Lipinski definition) is 6. The molecule has 0 atom stereocenters. The molecule has 4 aromatic rings. The summed E-state index contributed by atoms with van der Waals surface area (Å²) in [7, 11) is 1.63. The largest absolute Gasteiger partial charge is 0.497 e. The highest BCUT2D eigenvalue weighted by Gasteiger charge is 2.18. The average molecular weight is 481 g/mol. The second kappa shape index (κ2) is 9.23. The van der Waals surface area contributed by atoms with E-state index >= 15 is 0 Å². The van der Waals surface area contributed by atoms with Gasteiger partial charge in [-0.1, -0.05) is 45.9 Å². The Bertz CT molecular complexity index is 1160. The van der Waals surface area contributed by atoms with E-state index in [1.165, 1.54) is 11.8 Å². The first-order chi connectivity index (χ1) is 14.7. The van der Waals surface area contributed by atoms with Gasteiger partial charge in [0.2, 0.25) is 0 Å². The summed E-state index contributed by atoms with van der Waals surface area (Å²) < 4.78 is 7.97. The van der Waals surface area contributed by atoms with Gasteiger partial charge in [-0.15, -0.1) is 10.2 Å². The van der Waals surface area contributed by atoms with Crippen LogP contribution in [0, 0.1) is 0 Å². The highest BCUT2D eigenvalue weighted by Crippen LogP contribution is 2.29. The van der Waals surface area contributed by atoms with E-state index in [1.54, 1.807) is 19.5 Å². The lowest BCUT2D eigenvalue weighted by Crippen LogP contribution is -2.05. The van der Waals surface area contributed by atoms with Crippen molar-refractivity contribution < 1.29 is 9.53 Å². The van der Waals surface area contributed by atoms with Gasteiger partial charge in [-0.05, 0) is 42.5 Å². The van der Waals surface area contributed by atoms with Crippen molar-refractivity contribution >= 4 is 33.5 Å². The Labute approximate surface area is 186 Å². The molecule has 0 fully saturated rings. The fraction of sp³-hybridized carbons (Fsp3) is 0.0909. The van der Waals surface area contributed by atoms with Gasteiger partial charge in [0, 0.05) is 33.7 Å². The van der Waals surface area contributed by atoms with E-state index < -0.39 is 0 Å². The van der Waals surface area contributed by atoms with Crippen LogP contribution in [0.3, 0.4) is 0 Å². The SMILES string of the molecule is COc1ccc(-n2c(SCC(=O)c3ccccc3Br)nnc2-c2cccnc2)cc1. The van der Waals surface area contributed by atoms with Crippen molar-refractivity contribution in [1.29, 1.82) is 0 Å². The molecule has 8 heteroatoms. The molecule has 6 nitrogen and oxygen atoms in total. The standard InChI is InChI=1S/C22H17BrN4O2S/c1-29-17-10-8-16(9-11-17)27-21(15-5-4-12-24-13-15)25-26-22(27)30-14-20(28)18-6-2-3-7-19(18)23/h2-13H,14H2,1H3. The number of halogens is 1. The van der Waals surface area contributed by atoms with Crippen LogP contribution < -0.4 is 4.74 Å². The molecule has 0 aliphatic carbocycles. The number of nitrogens with zero attached hydrogens (tertiary/aromatic N) is 4. The molecule has 0 aliphatic heterocycles. The number of Topliss-reactive ketones (excluding diaryl/α,β-unsaturated/α-hetero) is 1. The number of hydrogen-bond donors (Lipinski definition) is 0. The molecule has 0 aliphatic rings. The third-order valence-corrected chi connectivity index (χ3v) is 6.01. The van der Waals surface area contributed by atoms with E-state index in [0.717, 1.165) is 21.5 Å². The first kappa shape index (κ1) is 20.3. The van der Waals surface area contributed by atoms with Gasteiger partial charge in [0.15, 0.2) is 16.8 Å². The number of carbonyl (C=O) groups excluding carboxylic acids is 1. The zero-order valence-electron chi connectivity index (χ0n) is 16.0. The van der Waals surface area contributed by atoms with Crippen LogP contribution in [0.4, 0.5) is 0 Å². The summed E-state index contributed by atoms with van der Waals surface area (Å²) in [6.07, 6.45) is 3.45. The lowest BCUT2D eigenvalue weighted by molar-refractivity contribution is 0.102. The number of rotatable bonds is 7. The van der Waals surface area contributed by atoms with E-state index in [1.807, 2.05) is 65.2 Å². The summed E-state index contributed by atoms with van der Waals surface area (Å²) >= 11 is 4.79. The van der Waals surface area contributed by atoms with Gasteiger partial charge in [0.05, 0.1) is 12.9 Å². The molecule has 0 radical (unpaired) electrons. The van der Waals surface area contributed by atoms with E-state index in [0.29, 0.717) is 16.5 Å². The minimum Gasteiger partial charge on any atom is -0.497 e. The molecule has 2 aromatic heterocycles. The molecule has 0 N–H and O–H groups in total. The average Bonchev–Trinajstić information content (AvgIpc) is 3.22. The number of methoxy groups -OCH3 is 1. The molecule has 0 saturated carbocycles. The predicted molar refractivity (Wildman–Crippen MR) is 120 cm³/mol. The Balaban J connectivity index is 1.68. The molecule has 2 aromatic carbocycles. The number of ketones is 1. The van der Waals surface area contributed by atoms with Crippen LogP contribution in [-0.4, -0.2) is 38.4 Å². The second-order valence-corrected chi connectivity index (χ2v) is 8.07. The molecule has 30 heavy (non-hydrogen) atoms. The lowest BCUT2D eigenvalue weighted by Gasteiger charge is -2.11. The van der Waals surface area contributed by atoms with Crippen LogP contribution in [0.15, 0.2) is 82.7 Å². The zero-order valence-corrected chi connectivity index (χ0v) is 18.4. The molecule has 0 unspecified atom stereocenters. The third-order valence-electron chi connectivity index (χ3n) is 4.39. The van der Waals surface area contributed by atoms with Crippen molar-refractivity contribution in [3.05, 3.63) is 83.1 Å². The molecule has 4 rings (SSSR count). The molecule has 0 bridgehead atoms. The van der Waals surface area contributed by atoms with Gasteiger partial charge in [-0.3, -0.25) is 14.3 Å². The van der Waals surface area contributed by atoms with Gasteiger partial charge in [-0.25, -0.2) is 0 Å². The minimum absolute atomic E-state index is 0.0136. The van der Waals surface area contributed by atoms with Crippen molar-refractivity contribution in [2.24, 2.45) is 0 Å². The smallest absolute Gasteiger partial charge is 0.196 e. The summed E-state index contributed by atoms with van der Waals surface area (Å²) in [4.78, 5) is 16.9. The second-order valence-electron chi connectivity index (χ2n) is 6.27. The number of aromatic nitrogens is 4. The van der Waals surface area contributed by atoms with Crippen LogP contribution in [0.1, 0.15) is 10.4 Å². The highest BCUT2D eigenvalue weighted by atomic mass is 79.9. The predicted octanol–water partition coefficient (Wildman–Crippen LogP) is 5.08. The molecule has 2 heterocycles. The van der Waals surface area contributed by atoms with Crippen LogP contribution in [-0.2, 0) is 0 Å². The van der Waals surface area contributed by atoms with Crippen LogP contribution >= 0.6 is 27.7 Å². The number of benzene rings is 2. The van der Waals surface area contributed by atoms with Crippen LogP contribution in [0.5, 0.6) is 5.75 Å². The van der Waals surface area contributed by atoms with Crippen molar-refractivity contribution in [2.75, 3.05) is 12.9 Å². The Hall–Kier alpha value is -2.97. The maximum absolute atomic E-state index is 12.7. The van der Waals surface area contributed by atoms with Gasteiger partial charge < -0.3 is 4.74 Å². The lowest BCUT2D eigenvalue weighted by atomic mass is 10.1. The number of carbonyl (C=O) groups is 1. The Morgan fingerprint density at radius 3 is 2.57 bits per heavy atom. The highest BCUT2D eigenvalue weighted by molar-refractivity contribution is 9.10. The minimum atomic E-state index is 0.0136. The fourth-order valence-electron chi connectivity index (χ4n) is 2.90. The topological polar surface area (TPSA) is 69.9 Å². The molecule has 0 amide bonds. The third kappa shape index (κ3) is 4.29. The van der Waals surface area contributed by atoms with Crippen molar-refractivity contribution in [1.82, 2.24) is 19.7 Å². The summed E-state index contributed by atoms with van der Waals surface area (Å²) in [5.41, 5.74) is 2.35. The number of thioether (sulfide) groups is 1. The van der Waals surface area contributed by atoms with Crippen molar-refractivity contribution in [3.8, 4) is 22.8 Å². The van der Waals surface area contributed by atoms with E-state index in [-0.39, 0.29) is 11.5 Å². The van der Waals surface area contributed by atoms with Crippen LogP contribution in [0.25, 0.3) is 17.1 Å². The van der Waals surface area contributed by atoms with Crippen molar-refractivity contribution in [3.63, 3.8) is 0 Å². The summed E-state index contributed by atoms with van der Waals surface area (Å²) in [6, 6.07) is 18.8. The molecule has 0 saturated heterocycles. The van der Waals surface area contributed by atoms with Crippen molar-refractivity contribution in [2.45, 2.75) is 5.16 Å². The molecule has 0 spiro atoms. The van der Waals surface area contributed by atoms with Crippen LogP contribution in [0.2, 0.25) is 0 Å². The fourth-order valence-corrected chi connectivity index (χ4v) is 4.25. The Kier molecular flexibility index (Phi) is 6.25. The summed E-state index contributed by atoms with van der Waals surface area (Å²) in [6.45, 7) is 0. The Morgan fingerprint density at radius 1 is 1.07 bits per heavy atom. The maximum atomic E-state index is 12.7. The summed E-state index contributed by atoms with van der Waals surface area (Å²) in [5.74, 6) is 1.67. The molecule has 150 valence electrons. The van der Waals surface area contributed by atoms with Gasteiger partial charge in [-0.2, -0.15) is 0 Å². The number of ether oxygens (including phenoxy) is 1. The summed E-state index contributed by atoms with van der Waals surface area (Å²) in [5, 5.41) is 9.35. The zero-order chi connectivity index (χ0) is 20.9. The first-order valence-corrected chi connectivity index (χ1v) is 10.9. The van der Waals surface area contributed by atoms with E-state index in [2.05, 4.69) is 31.1 Å². The molecular weight excluding hydrogens is 464 g/mol. The monoisotopic (exact) mass is 480 g/mol. The van der Waals surface area contributed by atoms with Gasteiger partial charge in [0.1, 0.15) is 5.75 Å². The van der Waals surface area contributed by atoms with Gasteiger partial charge >= 0.3 is 0 Å². The normalized spacial score (nSPS) is 10.7.